The van der Waals surface area contributed by atoms with Gasteiger partial charge in [-0.2, -0.15) is 5.26 Å². The van der Waals surface area contributed by atoms with E-state index in [0.29, 0.717) is 12.8 Å². The van der Waals surface area contributed by atoms with Crippen molar-refractivity contribution in [1.29, 1.82) is 5.26 Å². The lowest BCUT2D eigenvalue weighted by molar-refractivity contribution is 0.446. The molecule has 0 amide bonds. The molecule has 0 aliphatic carbocycles. The van der Waals surface area contributed by atoms with Gasteiger partial charge in [-0.15, -0.1) is 0 Å². The van der Waals surface area contributed by atoms with Gasteiger partial charge in [-0.3, -0.25) is 0 Å². The Kier molecular flexibility index (Phi) is 4.10. The van der Waals surface area contributed by atoms with Crippen LogP contribution in [0.3, 0.4) is 0 Å². The molecule has 0 saturated heterocycles. The van der Waals surface area contributed by atoms with Crippen LogP contribution >= 0.6 is 0 Å². The zero-order chi connectivity index (χ0) is 14.8. The van der Waals surface area contributed by atoms with Crippen LogP contribution in [0.15, 0.2) is 18.5 Å². The predicted octanol–water partition coefficient (Wildman–Crippen LogP) is 3.06. The quantitative estimate of drug-likeness (QED) is 0.908. The van der Waals surface area contributed by atoms with Gasteiger partial charge in [0.25, 0.3) is 0 Å². The summed E-state index contributed by atoms with van der Waals surface area (Å²) >= 11 is 0. The molecule has 2 N–H and O–H groups in total. The first-order valence-corrected chi connectivity index (χ1v) is 7.11. The van der Waals surface area contributed by atoms with Crippen molar-refractivity contribution >= 4 is 11.0 Å². The maximum absolute atomic E-state index is 9.09. The summed E-state index contributed by atoms with van der Waals surface area (Å²) in [7, 11) is 0. The van der Waals surface area contributed by atoms with Crippen LogP contribution in [0.4, 0.5) is 0 Å². The highest BCUT2D eigenvalue weighted by Gasteiger charge is 2.21. The molecule has 0 spiro atoms. The molecule has 4 heteroatoms. The first kappa shape index (κ1) is 14.5. The van der Waals surface area contributed by atoms with Crippen LogP contribution in [-0.2, 0) is 6.54 Å². The molecule has 0 fully saturated rings. The smallest absolute Gasteiger partial charge is 0.104 e. The lowest BCUT2D eigenvalue weighted by Crippen LogP contribution is -2.37. The molecule has 1 aromatic carbocycles. The molecule has 1 heterocycles. The van der Waals surface area contributed by atoms with E-state index in [1.165, 1.54) is 11.1 Å². The minimum absolute atomic E-state index is 0.687. The van der Waals surface area contributed by atoms with E-state index in [9.17, 15) is 0 Å². The number of benzene rings is 1. The largest absolute Gasteiger partial charge is 0.331 e. The number of imidazole rings is 1. The molecule has 4 nitrogen and oxygen atoms in total. The summed E-state index contributed by atoms with van der Waals surface area (Å²) < 4.78 is 2.15. The maximum Gasteiger partial charge on any atom is 0.104 e. The number of hydrogen-bond donors (Lipinski definition) is 1. The Morgan fingerprint density at radius 1 is 1.35 bits per heavy atom. The SMILES string of the molecule is CCC(N)(C#N)CCCn1cnc2cc(C)c(C)cc21. The number of aromatic nitrogens is 2. The standard InChI is InChI=1S/C16H22N4/c1-4-16(18,10-17)6-5-7-20-11-19-14-8-12(2)13(3)9-15(14)20/h8-9,11H,4-7,18H2,1-3H3. The van der Waals surface area contributed by atoms with Gasteiger partial charge >= 0.3 is 0 Å². The number of rotatable bonds is 5. The highest BCUT2D eigenvalue weighted by atomic mass is 15.0. The fraction of sp³-hybridized carbons (Fsp3) is 0.500. The lowest BCUT2D eigenvalue weighted by atomic mass is 9.93. The normalized spacial score (nSPS) is 14.2. The van der Waals surface area contributed by atoms with Crippen LogP contribution in [-0.4, -0.2) is 15.1 Å². The van der Waals surface area contributed by atoms with E-state index in [2.05, 4.69) is 41.6 Å². The third kappa shape index (κ3) is 2.83. The van der Waals surface area contributed by atoms with Crippen LogP contribution in [0.1, 0.15) is 37.3 Å². The van der Waals surface area contributed by atoms with E-state index in [1.807, 2.05) is 13.3 Å². The van der Waals surface area contributed by atoms with E-state index >= 15 is 0 Å². The number of fused-ring (bicyclic) bond motifs is 1. The van der Waals surface area contributed by atoms with Gasteiger partial charge in [0, 0.05) is 6.54 Å². The number of aryl methyl sites for hydroxylation is 3. The molecule has 1 atom stereocenters. The zero-order valence-corrected chi connectivity index (χ0v) is 12.5. The molecule has 2 rings (SSSR count). The highest BCUT2D eigenvalue weighted by Crippen LogP contribution is 2.20. The van der Waals surface area contributed by atoms with E-state index in [4.69, 9.17) is 11.0 Å². The second kappa shape index (κ2) is 5.64. The first-order chi connectivity index (χ1) is 9.49. The minimum atomic E-state index is -0.692. The summed E-state index contributed by atoms with van der Waals surface area (Å²) in [6, 6.07) is 6.51. The van der Waals surface area contributed by atoms with Gasteiger partial charge in [0.1, 0.15) is 5.54 Å². The number of nitriles is 1. The van der Waals surface area contributed by atoms with Crippen LogP contribution in [0.2, 0.25) is 0 Å². The summed E-state index contributed by atoms with van der Waals surface area (Å²) in [5, 5.41) is 9.09. The topological polar surface area (TPSA) is 67.6 Å². The summed E-state index contributed by atoms with van der Waals surface area (Å²) in [5.41, 5.74) is 10.0. The third-order valence-electron chi connectivity index (χ3n) is 4.11. The Bertz CT molecular complexity index is 650. The van der Waals surface area contributed by atoms with Crippen molar-refractivity contribution in [3.8, 4) is 6.07 Å². The second-order valence-corrected chi connectivity index (χ2v) is 5.59. The van der Waals surface area contributed by atoms with Gasteiger partial charge in [0.15, 0.2) is 0 Å². The van der Waals surface area contributed by atoms with Gasteiger partial charge in [-0.05, 0) is 56.4 Å². The van der Waals surface area contributed by atoms with Crippen LogP contribution in [0.5, 0.6) is 0 Å². The number of nitrogens with two attached hydrogens (primary N) is 1. The van der Waals surface area contributed by atoms with Crippen molar-refractivity contribution in [1.82, 2.24) is 9.55 Å². The summed E-state index contributed by atoms with van der Waals surface area (Å²) in [6.45, 7) is 7.02. The Hall–Kier alpha value is -1.86. The lowest BCUT2D eigenvalue weighted by Gasteiger charge is -2.19. The summed E-state index contributed by atoms with van der Waals surface area (Å²) in [6.07, 6.45) is 4.16. The molecule has 1 unspecified atom stereocenters. The van der Waals surface area contributed by atoms with E-state index in [0.717, 1.165) is 24.0 Å². The van der Waals surface area contributed by atoms with Crippen molar-refractivity contribution in [3.63, 3.8) is 0 Å². The van der Waals surface area contributed by atoms with E-state index in [1.54, 1.807) is 0 Å². The summed E-state index contributed by atoms with van der Waals surface area (Å²) in [5.74, 6) is 0. The fourth-order valence-corrected chi connectivity index (χ4v) is 2.37. The van der Waals surface area contributed by atoms with Crippen molar-refractivity contribution in [2.24, 2.45) is 5.73 Å². The first-order valence-electron chi connectivity index (χ1n) is 7.11. The van der Waals surface area contributed by atoms with Crippen molar-refractivity contribution < 1.29 is 0 Å². The fourth-order valence-electron chi connectivity index (χ4n) is 2.37. The van der Waals surface area contributed by atoms with E-state index in [-0.39, 0.29) is 0 Å². The molecule has 0 bridgehead atoms. The number of hydrogen-bond acceptors (Lipinski definition) is 3. The van der Waals surface area contributed by atoms with Crippen molar-refractivity contribution in [3.05, 3.63) is 29.6 Å². The number of nitrogens with zero attached hydrogens (tertiary/aromatic N) is 3. The Balaban J connectivity index is 2.12. The molecule has 2 aromatic rings. The molecule has 1 aromatic heterocycles. The van der Waals surface area contributed by atoms with Gasteiger partial charge in [-0.25, -0.2) is 4.98 Å². The highest BCUT2D eigenvalue weighted by molar-refractivity contribution is 5.77. The van der Waals surface area contributed by atoms with Gasteiger partial charge < -0.3 is 10.3 Å². The molecular formula is C16H22N4. The third-order valence-corrected chi connectivity index (χ3v) is 4.11. The molecular weight excluding hydrogens is 248 g/mol. The second-order valence-electron chi connectivity index (χ2n) is 5.59. The molecule has 0 saturated carbocycles. The maximum atomic E-state index is 9.09. The van der Waals surface area contributed by atoms with Crippen molar-refractivity contribution in [2.45, 2.75) is 52.1 Å². The average molecular weight is 270 g/mol. The monoisotopic (exact) mass is 270 g/mol. The molecule has 0 aliphatic rings. The summed E-state index contributed by atoms with van der Waals surface area (Å²) in [4.78, 5) is 4.44. The predicted molar refractivity (Wildman–Crippen MR) is 81.3 cm³/mol. The average Bonchev–Trinajstić information content (AvgIpc) is 2.82. The minimum Gasteiger partial charge on any atom is -0.331 e. The van der Waals surface area contributed by atoms with Crippen molar-refractivity contribution in [2.75, 3.05) is 0 Å². The molecule has 106 valence electrons. The van der Waals surface area contributed by atoms with Gasteiger partial charge in [0.05, 0.1) is 23.4 Å². The molecule has 0 radical (unpaired) electrons. The Labute approximate surface area is 120 Å². The van der Waals surface area contributed by atoms with Gasteiger partial charge in [-0.1, -0.05) is 6.92 Å². The van der Waals surface area contributed by atoms with E-state index < -0.39 is 5.54 Å². The Morgan fingerprint density at radius 2 is 2.05 bits per heavy atom. The Morgan fingerprint density at radius 3 is 2.70 bits per heavy atom. The van der Waals surface area contributed by atoms with Gasteiger partial charge in [0.2, 0.25) is 0 Å². The molecule has 0 aliphatic heterocycles. The van der Waals surface area contributed by atoms with Crippen LogP contribution in [0, 0.1) is 25.2 Å². The van der Waals surface area contributed by atoms with Crippen LogP contribution < -0.4 is 5.73 Å². The van der Waals surface area contributed by atoms with Crippen LogP contribution in [0.25, 0.3) is 11.0 Å². The zero-order valence-electron chi connectivity index (χ0n) is 12.5. The molecule has 20 heavy (non-hydrogen) atoms.